The molecule has 9 heteroatoms. The summed E-state index contributed by atoms with van der Waals surface area (Å²) in [7, 11) is 1.47. The highest BCUT2D eigenvalue weighted by Crippen LogP contribution is 2.32. The van der Waals surface area contributed by atoms with Crippen molar-refractivity contribution in [1.29, 1.82) is 0 Å². The fourth-order valence-electron chi connectivity index (χ4n) is 2.25. The number of nitrogens with two attached hydrogens (primary N) is 1. The topological polar surface area (TPSA) is 108 Å². The van der Waals surface area contributed by atoms with Crippen LogP contribution in [-0.4, -0.2) is 31.5 Å². The molecular formula is C17H20N2O5S2. The van der Waals surface area contributed by atoms with Gasteiger partial charge < -0.3 is 20.5 Å². The number of hydrogen-bond donors (Lipinski definition) is 2. The Morgan fingerprint density at radius 3 is 2.65 bits per heavy atom. The molecule has 140 valence electrons. The maximum atomic E-state index is 12.2. The van der Waals surface area contributed by atoms with Crippen molar-refractivity contribution in [2.24, 2.45) is 0 Å². The van der Waals surface area contributed by atoms with E-state index in [9.17, 15) is 14.4 Å². The molecule has 2 rings (SSSR count). The Balaban J connectivity index is 2.13. The van der Waals surface area contributed by atoms with Crippen LogP contribution in [0.3, 0.4) is 0 Å². The standard InChI is InChI=1S/C17H20N2O5S2/c1-3-23-17(22)13-11(14(16(21)19-2)26-15(13)18)9-24-12(20)7-6-10-5-4-8-25-10/h4-5,8H,3,6-7,9,18H2,1-2H3,(H,19,21). The lowest BCUT2D eigenvalue weighted by Gasteiger charge is -2.08. The van der Waals surface area contributed by atoms with Gasteiger partial charge in [0.25, 0.3) is 5.91 Å². The summed E-state index contributed by atoms with van der Waals surface area (Å²) in [5, 5.41) is 4.59. The Bertz CT molecular complexity index is 783. The summed E-state index contributed by atoms with van der Waals surface area (Å²) in [6, 6.07) is 3.86. The number of carbonyl (C=O) groups excluding carboxylic acids is 3. The number of thiophene rings is 2. The van der Waals surface area contributed by atoms with Crippen molar-refractivity contribution >= 4 is 45.5 Å². The highest BCUT2D eigenvalue weighted by Gasteiger charge is 2.27. The fourth-order valence-corrected chi connectivity index (χ4v) is 3.97. The van der Waals surface area contributed by atoms with E-state index in [1.807, 2.05) is 17.5 Å². The minimum absolute atomic E-state index is 0.0847. The number of anilines is 1. The van der Waals surface area contributed by atoms with Gasteiger partial charge in [-0.05, 0) is 24.8 Å². The third kappa shape index (κ3) is 4.83. The van der Waals surface area contributed by atoms with Gasteiger partial charge in [-0.2, -0.15) is 0 Å². The number of amides is 1. The van der Waals surface area contributed by atoms with Gasteiger partial charge in [0.05, 0.1) is 13.0 Å². The second-order valence-electron chi connectivity index (χ2n) is 5.19. The quantitative estimate of drug-likeness (QED) is 0.664. The van der Waals surface area contributed by atoms with E-state index in [-0.39, 0.29) is 40.6 Å². The maximum Gasteiger partial charge on any atom is 0.341 e. The molecule has 0 bridgehead atoms. The number of hydrogen-bond acceptors (Lipinski definition) is 8. The Morgan fingerprint density at radius 1 is 1.27 bits per heavy atom. The number of nitrogens with one attached hydrogen (secondary N) is 1. The van der Waals surface area contributed by atoms with Gasteiger partial charge in [-0.25, -0.2) is 4.79 Å². The Kier molecular flexibility index (Phi) is 7.16. The van der Waals surface area contributed by atoms with Crippen molar-refractivity contribution in [2.45, 2.75) is 26.4 Å². The molecule has 0 radical (unpaired) electrons. The molecule has 2 heterocycles. The lowest BCUT2D eigenvalue weighted by molar-refractivity contribution is -0.144. The van der Waals surface area contributed by atoms with Crippen LogP contribution >= 0.6 is 22.7 Å². The average molecular weight is 396 g/mol. The number of aryl methyl sites for hydroxylation is 1. The van der Waals surface area contributed by atoms with Crippen molar-refractivity contribution in [1.82, 2.24) is 5.32 Å². The summed E-state index contributed by atoms with van der Waals surface area (Å²) in [6.07, 6.45) is 0.791. The number of carbonyl (C=O) groups is 3. The first-order valence-electron chi connectivity index (χ1n) is 7.96. The first kappa shape index (κ1) is 19.9. The molecular weight excluding hydrogens is 376 g/mol. The van der Waals surface area contributed by atoms with Gasteiger partial charge >= 0.3 is 11.9 Å². The largest absolute Gasteiger partial charge is 0.462 e. The summed E-state index contributed by atoms with van der Waals surface area (Å²) in [6.45, 7) is 1.63. The minimum Gasteiger partial charge on any atom is -0.462 e. The van der Waals surface area contributed by atoms with Crippen molar-refractivity contribution < 1.29 is 23.9 Å². The summed E-state index contributed by atoms with van der Waals surface area (Å²) in [5.74, 6) is -1.45. The maximum absolute atomic E-state index is 12.2. The number of nitrogen functional groups attached to an aromatic ring is 1. The molecule has 26 heavy (non-hydrogen) atoms. The second-order valence-corrected chi connectivity index (χ2v) is 7.27. The van der Waals surface area contributed by atoms with E-state index in [0.717, 1.165) is 16.2 Å². The van der Waals surface area contributed by atoms with Gasteiger partial charge in [0, 0.05) is 17.5 Å². The van der Waals surface area contributed by atoms with Crippen molar-refractivity contribution in [3.63, 3.8) is 0 Å². The molecule has 0 aliphatic rings. The normalized spacial score (nSPS) is 10.4. The third-order valence-corrected chi connectivity index (χ3v) is 5.48. The van der Waals surface area contributed by atoms with Crippen LogP contribution in [0.4, 0.5) is 5.00 Å². The van der Waals surface area contributed by atoms with Gasteiger partial charge in [-0.1, -0.05) is 6.07 Å². The lowest BCUT2D eigenvalue weighted by atomic mass is 10.1. The van der Waals surface area contributed by atoms with Gasteiger partial charge in [0.2, 0.25) is 0 Å². The van der Waals surface area contributed by atoms with Gasteiger partial charge in [0.15, 0.2) is 0 Å². The van der Waals surface area contributed by atoms with Crippen LogP contribution in [0.5, 0.6) is 0 Å². The van der Waals surface area contributed by atoms with Gasteiger partial charge in [-0.3, -0.25) is 9.59 Å². The van der Waals surface area contributed by atoms with Gasteiger partial charge in [-0.15, -0.1) is 22.7 Å². The average Bonchev–Trinajstić information content (AvgIpc) is 3.25. The molecule has 0 aliphatic heterocycles. The molecule has 1 amide bonds. The number of ether oxygens (including phenoxy) is 2. The summed E-state index contributed by atoms with van der Waals surface area (Å²) < 4.78 is 10.3. The van der Waals surface area contributed by atoms with Crippen LogP contribution in [0.2, 0.25) is 0 Å². The molecule has 0 fully saturated rings. The number of rotatable bonds is 8. The van der Waals surface area contributed by atoms with E-state index in [2.05, 4.69) is 5.32 Å². The molecule has 2 aromatic heterocycles. The monoisotopic (exact) mass is 396 g/mol. The molecule has 7 nitrogen and oxygen atoms in total. The van der Waals surface area contributed by atoms with E-state index < -0.39 is 17.8 Å². The Morgan fingerprint density at radius 2 is 2.04 bits per heavy atom. The second kappa shape index (κ2) is 9.35. The molecule has 0 aliphatic carbocycles. The zero-order chi connectivity index (χ0) is 19.1. The summed E-state index contributed by atoms with van der Waals surface area (Å²) in [4.78, 5) is 37.6. The molecule has 0 saturated carbocycles. The molecule has 0 spiro atoms. The van der Waals surface area contributed by atoms with Crippen LogP contribution in [0, 0.1) is 0 Å². The predicted octanol–water partition coefficient (Wildman–Crippen LogP) is 2.60. The van der Waals surface area contributed by atoms with Gasteiger partial charge in [0.1, 0.15) is 22.0 Å². The molecule has 3 N–H and O–H groups in total. The van der Waals surface area contributed by atoms with Crippen LogP contribution < -0.4 is 11.1 Å². The molecule has 0 saturated heterocycles. The minimum atomic E-state index is -0.638. The van der Waals surface area contributed by atoms with Crippen molar-refractivity contribution in [2.75, 3.05) is 19.4 Å². The first-order valence-corrected chi connectivity index (χ1v) is 9.65. The number of esters is 2. The smallest absolute Gasteiger partial charge is 0.341 e. The molecule has 2 aromatic rings. The zero-order valence-corrected chi connectivity index (χ0v) is 16.1. The Hall–Kier alpha value is -2.39. The van der Waals surface area contributed by atoms with Crippen LogP contribution in [0.1, 0.15) is 43.8 Å². The van der Waals surface area contributed by atoms with E-state index >= 15 is 0 Å². The van der Waals surface area contributed by atoms with Crippen LogP contribution in [-0.2, 0) is 27.3 Å². The van der Waals surface area contributed by atoms with E-state index in [0.29, 0.717) is 6.42 Å². The van der Waals surface area contributed by atoms with Crippen LogP contribution in [0.15, 0.2) is 17.5 Å². The van der Waals surface area contributed by atoms with E-state index in [4.69, 9.17) is 15.2 Å². The SMILES string of the molecule is CCOC(=O)c1c(N)sc(C(=O)NC)c1COC(=O)CCc1cccs1. The van der Waals surface area contributed by atoms with Crippen molar-refractivity contribution in [3.05, 3.63) is 38.4 Å². The van der Waals surface area contributed by atoms with E-state index in [1.54, 1.807) is 18.3 Å². The van der Waals surface area contributed by atoms with Crippen LogP contribution in [0.25, 0.3) is 0 Å². The fraction of sp³-hybridized carbons (Fsp3) is 0.353. The predicted molar refractivity (Wildman–Crippen MR) is 101 cm³/mol. The van der Waals surface area contributed by atoms with Crippen molar-refractivity contribution in [3.8, 4) is 0 Å². The molecule has 0 aromatic carbocycles. The van der Waals surface area contributed by atoms with E-state index in [1.165, 1.54) is 7.05 Å². The molecule has 0 atom stereocenters. The first-order chi connectivity index (χ1) is 12.5. The molecule has 0 unspecified atom stereocenters. The third-order valence-electron chi connectivity index (χ3n) is 3.48. The zero-order valence-electron chi connectivity index (χ0n) is 14.5. The summed E-state index contributed by atoms with van der Waals surface area (Å²) >= 11 is 2.53. The lowest BCUT2D eigenvalue weighted by Crippen LogP contribution is -2.19. The highest BCUT2D eigenvalue weighted by molar-refractivity contribution is 7.18. The highest BCUT2D eigenvalue weighted by atomic mass is 32.1. The summed E-state index contributed by atoms with van der Waals surface area (Å²) in [5.41, 5.74) is 6.25. The Labute approximate surface area is 159 Å².